The predicted molar refractivity (Wildman–Crippen MR) is 135 cm³/mol. The van der Waals surface area contributed by atoms with Crippen LogP contribution in [-0.4, -0.2) is 179 Å². The molecule has 0 N–H and O–H groups in total. The summed E-state index contributed by atoms with van der Waals surface area (Å²) in [6, 6.07) is 0. The number of hydrogen-bond donors (Lipinski definition) is 0. The number of nitrogens with zero attached hydrogens (tertiary/aromatic N) is 4. The minimum atomic E-state index is -0.0595. The van der Waals surface area contributed by atoms with Crippen LogP contribution in [0.4, 0.5) is 0 Å². The Labute approximate surface area is 208 Å². The van der Waals surface area contributed by atoms with Crippen LogP contribution in [-0.2, 0) is 28.4 Å². The normalized spacial score (nSPS) is 27.9. The molecule has 1 fully saturated rings. The van der Waals surface area contributed by atoms with Gasteiger partial charge >= 0.3 is 0 Å². The quantitative estimate of drug-likeness (QED) is 0.456. The van der Waals surface area contributed by atoms with Crippen molar-refractivity contribution in [3.05, 3.63) is 0 Å². The second-order valence-corrected chi connectivity index (χ2v) is 9.91. The fourth-order valence-corrected chi connectivity index (χ4v) is 3.79. The first-order chi connectivity index (χ1) is 16.2. The molecule has 1 heterocycles. The smallest absolute Gasteiger partial charge is 0.0976 e. The van der Waals surface area contributed by atoms with Gasteiger partial charge in [-0.25, -0.2) is 0 Å². The van der Waals surface area contributed by atoms with Gasteiger partial charge in [0.25, 0.3) is 0 Å². The molecule has 0 saturated carbocycles. The number of hydrogen-bond acceptors (Lipinski definition) is 10. The Balaban J connectivity index is 2.78. The van der Waals surface area contributed by atoms with Crippen LogP contribution in [0.5, 0.6) is 0 Å². The molecule has 0 unspecified atom stereocenters. The van der Waals surface area contributed by atoms with Crippen molar-refractivity contribution in [2.24, 2.45) is 0 Å². The molecule has 0 radical (unpaired) electrons. The lowest BCUT2D eigenvalue weighted by molar-refractivity contribution is -0.124. The summed E-state index contributed by atoms with van der Waals surface area (Å²) < 4.78 is 36.5. The average Bonchev–Trinajstić information content (AvgIpc) is 2.72. The molecular weight excluding hydrogens is 440 g/mol. The molecule has 0 aromatic rings. The maximum absolute atomic E-state index is 6.21. The SMILES string of the molecule is CN(C)C[C@@H]1OCCOCCO[C@@H](CN(C)C)[C@H](CN(C)C)OCCOCCO[C@H]1CN(C)C. The van der Waals surface area contributed by atoms with E-state index in [9.17, 15) is 0 Å². The molecule has 1 saturated heterocycles. The van der Waals surface area contributed by atoms with Gasteiger partial charge in [0, 0.05) is 26.2 Å². The summed E-state index contributed by atoms with van der Waals surface area (Å²) in [5.74, 6) is 0. The van der Waals surface area contributed by atoms with Gasteiger partial charge in [0.1, 0.15) is 0 Å². The van der Waals surface area contributed by atoms with Crippen LogP contribution in [0.25, 0.3) is 0 Å². The maximum Gasteiger partial charge on any atom is 0.0976 e. The van der Waals surface area contributed by atoms with E-state index in [1.165, 1.54) is 0 Å². The second kappa shape index (κ2) is 18.8. The van der Waals surface area contributed by atoms with Gasteiger partial charge < -0.3 is 48.0 Å². The monoisotopic (exact) mass is 492 g/mol. The van der Waals surface area contributed by atoms with Crippen molar-refractivity contribution in [1.29, 1.82) is 0 Å². The van der Waals surface area contributed by atoms with Gasteiger partial charge in [-0.3, -0.25) is 0 Å². The second-order valence-electron chi connectivity index (χ2n) is 9.91. The zero-order valence-corrected chi connectivity index (χ0v) is 23.0. The summed E-state index contributed by atoms with van der Waals surface area (Å²) in [5.41, 5.74) is 0. The van der Waals surface area contributed by atoms with Gasteiger partial charge in [-0.15, -0.1) is 0 Å². The molecule has 1 aliphatic rings. The van der Waals surface area contributed by atoms with Crippen molar-refractivity contribution in [2.45, 2.75) is 24.4 Å². The van der Waals surface area contributed by atoms with Gasteiger partial charge in [0.15, 0.2) is 0 Å². The third-order valence-corrected chi connectivity index (χ3v) is 5.25. The highest BCUT2D eigenvalue weighted by atomic mass is 16.6. The van der Waals surface area contributed by atoms with Crippen molar-refractivity contribution < 1.29 is 28.4 Å². The van der Waals surface area contributed by atoms with Crippen LogP contribution >= 0.6 is 0 Å². The van der Waals surface area contributed by atoms with E-state index in [-0.39, 0.29) is 24.4 Å². The zero-order valence-electron chi connectivity index (χ0n) is 23.0. The summed E-state index contributed by atoms with van der Waals surface area (Å²) in [4.78, 5) is 8.50. The van der Waals surface area contributed by atoms with Crippen LogP contribution in [0.1, 0.15) is 0 Å². The first-order valence-electron chi connectivity index (χ1n) is 12.4. The number of rotatable bonds is 8. The summed E-state index contributed by atoms with van der Waals surface area (Å²) in [6.07, 6.45) is -0.238. The lowest BCUT2D eigenvalue weighted by atomic mass is 10.1. The van der Waals surface area contributed by atoms with Crippen LogP contribution in [0.15, 0.2) is 0 Å². The Kier molecular flexibility index (Phi) is 17.5. The third-order valence-electron chi connectivity index (χ3n) is 5.25. The van der Waals surface area contributed by atoms with Crippen molar-refractivity contribution in [3.8, 4) is 0 Å². The lowest BCUT2D eigenvalue weighted by Gasteiger charge is -2.32. The molecule has 0 spiro atoms. The molecule has 10 heteroatoms. The first kappa shape index (κ1) is 31.6. The van der Waals surface area contributed by atoms with Gasteiger partial charge in [-0.1, -0.05) is 0 Å². The lowest BCUT2D eigenvalue weighted by Crippen LogP contribution is -2.46. The van der Waals surface area contributed by atoms with E-state index >= 15 is 0 Å². The Morgan fingerprint density at radius 2 is 0.588 bits per heavy atom. The molecule has 0 aromatic heterocycles. The van der Waals surface area contributed by atoms with Gasteiger partial charge in [-0.2, -0.15) is 0 Å². The van der Waals surface area contributed by atoms with E-state index in [4.69, 9.17) is 28.4 Å². The summed E-state index contributed by atoms with van der Waals surface area (Å²) in [5, 5.41) is 0. The highest BCUT2D eigenvalue weighted by molar-refractivity contribution is 4.77. The Morgan fingerprint density at radius 1 is 0.382 bits per heavy atom. The molecule has 0 amide bonds. The van der Waals surface area contributed by atoms with Crippen LogP contribution < -0.4 is 0 Å². The summed E-state index contributed by atoms with van der Waals surface area (Å²) >= 11 is 0. The topological polar surface area (TPSA) is 68.3 Å². The van der Waals surface area contributed by atoms with Crippen LogP contribution in [0.2, 0.25) is 0 Å². The number of ether oxygens (including phenoxy) is 6. The van der Waals surface area contributed by atoms with E-state index in [0.29, 0.717) is 52.9 Å². The highest BCUT2D eigenvalue weighted by Crippen LogP contribution is 2.10. The molecule has 10 nitrogen and oxygen atoms in total. The van der Waals surface area contributed by atoms with Gasteiger partial charge in [0.2, 0.25) is 0 Å². The average molecular weight is 493 g/mol. The van der Waals surface area contributed by atoms with E-state index < -0.39 is 0 Å². The van der Waals surface area contributed by atoms with E-state index in [1.54, 1.807) is 0 Å². The molecule has 1 rings (SSSR count). The molecular formula is C24H52N4O6. The fourth-order valence-electron chi connectivity index (χ4n) is 3.79. The highest BCUT2D eigenvalue weighted by Gasteiger charge is 2.26. The van der Waals surface area contributed by atoms with Crippen molar-refractivity contribution in [2.75, 3.05) is 135 Å². The number of likely N-dealkylation sites (N-methyl/N-ethyl adjacent to an activating group) is 4. The van der Waals surface area contributed by atoms with Crippen LogP contribution in [0, 0.1) is 0 Å². The predicted octanol–water partition coefficient (Wildman–Crippen LogP) is -0.180. The van der Waals surface area contributed by atoms with Gasteiger partial charge in [0.05, 0.1) is 77.3 Å². The largest absolute Gasteiger partial charge is 0.377 e. The van der Waals surface area contributed by atoms with Crippen LogP contribution in [0.3, 0.4) is 0 Å². The molecule has 0 aliphatic carbocycles. The fraction of sp³-hybridized carbons (Fsp3) is 1.00. The van der Waals surface area contributed by atoms with Crippen molar-refractivity contribution in [3.63, 3.8) is 0 Å². The van der Waals surface area contributed by atoms with Crippen molar-refractivity contribution in [1.82, 2.24) is 19.6 Å². The Hall–Kier alpha value is -0.400. The van der Waals surface area contributed by atoms with E-state index in [0.717, 1.165) is 26.2 Å². The maximum atomic E-state index is 6.21. The standard InChI is InChI=1S/C24H52N4O6/c1-25(2)17-21-22(18-26(3)4)32-14-10-30-12-16-34-24(20-28(7)8)23(19-27(5)6)33-15-11-29-9-13-31-21/h21-24H,9-20H2,1-8H3/t21-,22-,23-,24-/m0/s1. The van der Waals surface area contributed by atoms with E-state index in [2.05, 4.69) is 19.6 Å². The van der Waals surface area contributed by atoms with E-state index in [1.807, 2.05) is 56.4 Å². The van der Waals surface area contributed by atoms with Crippen molar-refractivity contribution >= 4 is 0 Å². The first-order valence-corrected chi connectivity index (χ1v) is 12.4. The Bertz CT molecular complexity index is 402. The molecule has 204 valence electrons. The summed E-state index contributed by atoms with van der Waals surface area (Å²) in [7, 11) is 16.4. The molecule has 4 atom stereocenters. The Morgan fingerprint density at radius 3 is 0.765 bits per heavy atom. The molecule has 1 aliphatic heterocycles. The molecule has 0 aromatic carbocycles. The third kappa shape index (κ3) is 15.6. The van der Waals surface area contributed by atoms with Gasteiger partial charge in [-0.05, 0) is 56.4 Å². The molecule has 0 bridgehead atoms. The summed E-state index contributed by atoms with van der Waals surface area (Å²) in [6.45, 7) is 7.19. The zero-order chi connectivity index (χ0) is 25.3. The minimum Gasteiger partial charge on any atom is -0.377 e. The minimum absolute atomic E-state index is 0.0595. The molecule has 34 heavy (non-hydrogen) atoms.